The Hall–Kier alpha value is -3.52. The number of benzene rings is 2. The lowest BCUT2D eigenvalue weighted by atomic mass is 9.73. The Labute approximate surface area is 234 Å². The van der Waals surface area contributed by atoms with E-state index in [4.69, 9.17) is 4.74 Å². The van der Waals surface area contributed by atoms with Gasteiger partial charge in [-0.3, -0.25) is 14.4 Å². The summed E-state index contributed by atoms with van der Waals surface area (Å²) in [5, 5.41) is 6.18. The molecule has 2 bridgehead atoms. The average molecular weight is 546 g/mol. The van der Waals surface area contributed by atoms with Gasteiger partial charge in [-0.05, 0) is 48.9 Å². The molecule has 2 aromatic carbocycles. The summed E-state index contributed by atoms with van der Waals surface area (Å²) < 4.78 is 21.2. The summed E-state index contributed by atoms with van der Waals surface area (Å²) in [4.78, 5) is 43.3. The summed E-state index contributed by atoms with van der Waals surface area (Å²) in [7, 11) is 0. The van der Waals surface area contributed by atoms with Gasteiger partial charge in [-0.15, -0.1) is 0 Å². The van der Waals surface area contributed by atoms with Crippen LogP contribution in [0.15, 0.2) is 60.7 Å². The number of carbonyl (C=O) groups excluding carboxylic acids is 3. The van der Waals surface area contributed by atoms with Gasteiger partial charge in [0.1, 0.15) is 17.5 Å². The van der Waals surface area contributed by atoms with Crippen molar-refractivity contribution < 1.29 is 23.5 Å². The molecule has 2 saturated heterocycles. The quantitative estimate of drug-likeness (QED) is 0.528. The molecule has 6 rings (SSSR count). The molecule has 2 aromatic rings. The number of amides is 3. The van der Waals surface area contributed by atoms with E-state index >= 15 is 0 Å². The normalized spacial score (nSPS) is 34.1. The summed E-state index contributed by atoms with van der Waals surface area (Å²) in [5.74, 6) is -2.42. The maximum Gasteiger partial charge on any atom is 0.246 e. The maximum atomic E-state index is 14.8. The van der Waals surface area contributed by atoms with Crippen LogP contribution < -0.4 is 10.6 Å². The highest BCUT2D eigenvalue weighted by molar-refractivity contribution is 6.02. The van der Waals surface area contributed by atoms with E-state index in [2.05, 4.69) is 24.5 Å². The molecule has 210 valence electrons. The van der Waals surface area contributed by atoms with Gasteiger partial charge in [0.2, 0.25) is 17.7 Å². The molecule has 7 nitrogen and oxygen atoms in total. The molecule has 0 aromatic heterocycles. The fourth-order valence-electron chi connectivity index (χ4n) is 7.24. The molecule has 1 saturated carbocycles. The van der Waals surface area contributed by atoms with Gasteiger partial charge in [0.05, 0.1) is 17.9 Å². The third-order valence-corrected chi connectivity index (χ3v) is 9.54. The van der Waals surface area contributed by atoms with Crippen molar-refractivity contribution in [3.63, 3.8) is 0 Å². The first-order valence-corrected chi connectivity index (χ1v) is 14.3. The van der Waals surface area contributed by atoms with Gasteiger partial charge in [0, 0.05) is 23.8 Å². The van der Waals surface area contributed by atoms with Gasteiger partial charge >= 0.3 is 0 Å². The first kappa shape index (κ1) is 26.7. The molecule has 3 heterocycles. The SMILES string of the molecule is Cc1cccc(NC(=O)[C@H]2[C@H]3C=C[C@@]4(O3)[C@H]2C(=O)N(Cc2ccccc2F)[C@@H]4C(=O)N[C@@H]2CCC[C@@H](C)[C@@H]2C)c1. The van der Waals surface area contributed by atoms with Crippen molar-refractivity contribution in [2.45, 2.75) is 70.4 Å². The highest BCUT2D eigenvalue weighted by atomic mass is 19.1. The summed E-state index contributed by atoms with van der Waals surface area (Å²) >= 11 is 0. The Morgan fingerprint density at radius 2 is 1.90 bits per heavy atom. The molecular formula is C32H36FN3O4. The predicted molar refractivity (Wildman–Crippen MR) is 148 cm³/mol. The van der Waals surface area contributed by atoms with Crippen LogP contribution in [0.5, 0.6) is 0 Å². The zero-order valence-corrected chi connectivity index (χ0v) is 23.1. The van der Waals surface area contributed by atoms with E-state index in [1.54, 1.807) is 36.4 Å². The van der Waals surface area contributed by atoms with E-state index in [-0.39, 0.29) is 36.2 Å². The van der Waals surface area contributed by atoms with Gasteiger partial charge in [-0.2, -0.15) is 0 Å². The van der Waals surface area contributed by atoms with Crippen molar-refractivity contribution in [2.75, 3.05) is 5.32 Å². The molecule has 4 aliphatic rings. The number of nitrogens with one attached hydrogen (secondary N) is 2. The second-order valence-corrected chi connectivity index (χ2v) is 12.0. The molecule has 8 heteroatoms. The number of rotatable bonds is 6. The number of nitrogens with zero attached hydrogens (tertiary/aromatic N) is 1. The summed E-state index contributed by atoms with van der Waals surface area (Å²) in [6.07, 6.45) is 5.96. The van der Waals surface area contributed by atoms with Gasteiger partial charge in [0.25, 0.3) is 0 Å². The van der Waals surface area contributed by atoms with E-state index in [0.717, 1.165) is 24.8 Å². The molecule has 8 atom stereocenters. The number of hydrogen-bond donors (Lipinski definition) is 2. The number of carbonyl (C=O) groups is 3. The third kappa shape index (κ3) is 4.33. The number of aryl methyl sites for hydroxylation is 1. The lowest BCUT2D eigenvalue weighted by Gasteiger charge is -2.38. The van der Waals surface area contributed by atoms with Crippen LogP contribution in [0.3, 0.4) is 0 Å². The van der Waals surface area contributed by atoms with E-state index in [1.807, 2.05) is 25.1 Å². The van der Waals surface area contributed by atoms with E-state index in [1.165, 1.54) is 11.0 Å². The zero-order valence-electron chi connectivity index (χ0n) is 23.1. The van der Waals surface area contributed by atoms with Crippen LogP contribution in [0, 0.1) is 36.4 Å². The fraction of sp³-hybridized carbons (Fsp3) is 0.469. The second kappa shape index (κ2) is 10.1. The minimum atomic E-state index is -1.30. The third-order valence-electron chi connectivity index (χ3n) is 9.54. The van der Waals surface area contributed by atoms with Crippen LogP contribution in [0.4, 0.5) is 10.1 Å². The number of fused-ring (bicyclic) bond motifs is 1. The number of hydrogen-bond acceptors (Lipinski definition) is 4. The molecule has 0 radical (unpaired) electrons. The summed E-state index contributed by atoms with van der Waals surface area (Å²) in [6, 6.07) is 12.7. The summed E-state index contributed by atoms with van der Waals surface area (Å²) in [5.41, 5.74) is 0.641. The van der Waals surface area contributed by atoms with Gasteiger partial charge in [-0.25, -0.2) is 4.39 Å². The number of halogens is 1. The molecule has 1 aliphatic carbocycles. The zero-order chi connectivity index (χ0) is 28.2. The van der Waals surface area contributed by atoms with Crippen LogP contribution in [0.2, 0.25) is 0 Å². The van der Waals surface area contributed by atoms with Crippen molar-refractivity contribution >= 4 is 23.4 Å². The monoisotopic (exact) mass is 545 g/mol. The van der Waals surface area contributed by atoms with E-state index < -0.39 is 35.4 Å². The Balaban J connectivity index is 1.34. The summed E-state index contributed by atoms with van der Waals surface area (Å²) in [6.45, 7) is 6.19. The van der Waals surface area contributed by atoms with Crippen LogP contribution >= 0.6 is 0 Å². The largest absolute Gasteiger partial charge is 0.359 e. The molecule has 0 unspecified atom stereocenters. The molecule has 40 heavy (non-hydrogen) atoms. The maximum absolute atomic E-state index is 14.8. The van der Waals surface area contributed by atoms with Crippen molar-refractivity contribution in [1.82, 2.24) is 10.2 Å². The van der Waals surface area contributed by atoms with E-state index in [9.17, 15) is 18.8 Å². The Kier molecular flexibility index (Phi) is 6.77. The Morgan fingerprint density at radius 1 is 1.10 bits per heavy atom. The highest BCUT2D eigenvalue weighted by Crippen LogP contribution is 2.55. The average Bonchev–Trinajstić information content (AvgIpc) is 3.55. The lowest BCUT2D eigenvalue weighted by molar-refractivity contribution is -0.142. The van der Waals surface area contributed by atoms with Gasteiger partial charge in [-0.1, -0.05) is 69.2 Å². The Bertz CT molecular complexity index is 1380. The van der Waals surface area contributed by atoms with Gasteiger partial charge < -0.3 is 20.3 Å². The number of anilines is 1. The van der Waals surface area contributed by atoms with Crippen molar-refractivity contribution in [3.8, 4) is 0 Å². The van der Waals surface area contributed by atoms with Crippen LogP contribution in [-0.4, -0.2) is 46.4 Å². The Morgan fingerprint density at radius 3 is 2.67 bits per heavy atom. The molecular weight excluding hydrogens is 509 g/mol. The minimum Gasteiger partial charge on any atom is -0.359 e. The molecule has 2 N–H and O–H groups in total. The predicted octanol–water partition coefficient (Wildman–Crippen LogP) is 4.36. The number of ether oxygens (including phenoxy) is 1. The van der Waals surface area contributed by atoms with Crippen LogP contribution in [0.25, 0.3) is 0 Å². The standard InChI is InChI=1S/C32H36FN3O4/c1-18-8-6-11-22(16-18)34-29(37)26-25-14-15-32(40-25)27(26)31(39)36(17-21-10-4-5-12-23(21)33)28(32)30(38)35-24-13-7-9-19(2)20(24)3/h4-6,8,10-12,14-16,19-20,24-28H,7,9,13,17H2,1-3H3,(H,34,37)(H,35,38)/t19-,20+,24-,25-,26+,27-,28-,32-/m1/s1. The van der Waals surface area contributed by atoms with Crippen molar-refractivity contribution in [1.29, 1.82) is 0 Å². The minimum absolute atomic E-state index is 0.0277. The lowest BCUT2D eigenvalue weighted by Crippen LogP contribution is -2.57. The van der Waals surface area contributed by atoms with Crippen LogP contribution in [0.1, 0.15) is 44.2 Å². The molecule has 1 spiro atoms. The smallest absolute Gasteiger partial charge is 0.246 e. The second-order valence-electron chi connectivity index (χ2n) is 12.0. The number of likely N-dealkylation sites (tertiary alicyclic amines) is 1. The molecule has 3 fully saturated rings. The van der Waals surface area contributed by atoms with Crippen LogP contribution in [-0.2, 0) is 25.7 Å². The van der Waals surface area contributed by atoms with Crippen molar-refractivity contribution in [2.24, 2.45) is 23.7 Å². The fourth-order valence-corrected chi connectivity index (χ4v) is 7.24. The topological polar surface area (TPSA) is 87.7 Å². The van der Waals surface area contributed by atoms with Gasteiger partial charge in [0.15, 0.2) is 0 Å². The highest BCUT2D eigenvalue weighted by Gasteiger charge is 2.72. The van der Waals surface area contributed by atoms with Crippen molar-refractivity contribution in [3.05, 3.63) is 77.6 Å². The molecule has 3 aliphatic heterocycles. The first-order chi connectivity index (χ1) is 19.2. The first-order valence-electron chi connectivity index (χ1n) is 14.3. The molecule has 3 amide bonds. The van der Waals surface area contributed by atoms with E-state index in [0.29, 0.717) is 17.2 Å².